The van der Waals surface area contributed by atoms with Crippen molar-refractivity contribution in [2.45, 2.75) is 6.54 Å². The van der Waals surface area contributed by atoms with E-state index in [0.717, 1.165) is 49.7 Å². The van der Waals surface area contributed by atoms with E-state index in [9.17, 15) is 9.90 Å². The number of H-pyrrole nitrogens is 2. The number of nitrogens with one attached hydrogen (secondary N) is 2. The van der Waals surface area contributed by atoms with E-state index in [-0.39, 0.29) is 5.95 Å². The molecular formula is C24H21N7O3. The van der Waals surface area contributed by atoms with Crippen LogP contribution < -0.4 is 14.5 Å². The molecule has 1 aliphatic heterocycles. The van der Waals surface area contributed by atoms with Crippen LogP contribution in [0.1, 0.15) is 5.56 Å². The molecule has 2 aromatic carbocycles. The molecular weight excluding hydrogens is 434 g/mol. The summed E-state index contributed by atoms with van der Waals surface area (Å²) in [5.74, 6) is 2.02. The van der Waals surface area contributed by atoms with Crippen LogP contribution in [0, 0.1) is 0 Å². The number of fused-ring (bicyclic) bond motifs is 3. The highest BCUT2D eigenvalue weighted by Gasteiger charge is 2.20. The van der Waals surface area contributed by atoms with E-state index in [2.05, 4.69) is 35.9 Å². The Bertz CT molecular complexity index is 1540. The average Bonchev–Trinajstić information content (AvgIpc) is 3.44. The van der Waals surface area contributed by atoms with Crippen LogP contribution in [0.4, 0.5) is 16.6 Å². The molecule has 10 heteroatoms. The number of carbonyl (C=O) groups is 1. The lowest BCUT2D eigenvalue weighted by molar-refractivity contribution is 0.203. The Morgan fingerprint density at radius 2 is 2.00 bits per heavy atom. The van der Waals surface area contributed by atoms with Gasteiger partial charge < -0.3 is 24.7 Å². The lowest BCUT2D eigenvalue weighted by Gasteiger charge is -2.21. The molecule has 0 spiro atoms. The number of benzene rings is 2. The van der Waals surface area contributed by atoms with Gasteiger partial charge in [-0.15, -0.1) is 0 Å². The third kappa shape index (κ3) is 3.36. The zero-order chi connectivity index (χ0) is 23.2. The van der Waals surface area contributed by atoms with Crippen LogP contribution in [0.15, 0.2) is 55.0 Å². The summed E-state index contributed by atoms with van der Waals surface area (Å²) in [4.78, 5) is 34.0. The second-order valence-electron chi connectivity index (χ2n) is 8.16. The summed E-state index contributed by atoms with van der Waals surface area (Å²) in [6.45, 7) is 1.92. The minimum Gasteiger partial charge on any atom is -0.491 e. The number of imidazole rings is 1. The van der Waals surface area contributed by atoms with Crippen LogP contribution in [0.5, 0.6) is 5.75 Å². The molecule has 0 saturated carbocycles. The average molecular weight is 455 g/mol. The number of nitrogens with zero attached hydrogens (tertiary/aromatic N) is 5. The minimum absolute atomic E-state index is 0.284. The van der Waals surface area contributed by atoms with Crippen molar-refractivity contribution >= 4 is 39.9 Å². The normalized spacial score (nSPS) is 13.5. The van der Waals surface area contributed by atoms with Crippen molar-refractivity contribution in [3.8, 4) is 16.9 Å². The predicted octanol–water partition coefficient (Wildman–Crippen LogP) is 4.01. The number of aromatic nitrogens is 5. The molecule has 0 fully saturated rings. The van der Waals surface area contributed by atoms with Gasteiger partial charge in [-0.3, -0.25) is 4.90 Å². The second kappa shape index (κ2) is 7.77. The molecule has 5 aromatic rings. The molecule has 4 heterocycles. The van der Waals surface area contributed by atoms with Gasteiger partial charge in [-0.05, 0) is 41.5 Å². The van der Waals surface area contributed by atoms with Crippen molar-refractivity contribution in [3.63, 3.8) is 0 Å². The molecule has 0 unspecified atom stereocenters. The Morgan fingerprint density at radius 1 is 1.15 bits per heavy atom. The number of carboxylic acid groups (broad SMARTS) is 1. The van der Waals surface area contributed by atoms with Crippen LogP contribution >= 0.6 is 0 Å². The number of amides is 1. The standard InChI is InChI=1S/C24H21N7O3/c1-30(24(32)33)23-28-18-4-2-15(11-19(18)29-23)14-3-5-20-16(10-14)12-31(8-9-34-20)22-17-6-7-25-21(17)26-13-27-22/h2-7,10-11,13H,8-9,12H2,1H3,(H,28,29)(H,32,33)(H,25,26,27). The number of hydrogen-bond acceptors (Lipinski definition) is 6. The highest BCUT2D eigenvalue weighted by Crippen LogP contribution is 2.33. The van der Waals surface area contributed by atoms with Gasteiger partial charge in [0.1, 0.15) is 30.1 Å². The van der Waals surface area contributed by atoms with Crippen molar-refractivity contribution < 1.29 is 14.6 Å². The first-order chi connectivity index (χ1) is 16.6. The van der Waals surface area contributed by atoms with E-state index < -0.39 is 6.09 Å². The van der Waals surface area contributed by atoms with E-state index in [0.29, 0.717) is 25.2 Å². The first-order valence-electron chi connectivity index (χ1n) is 10.8. The fourth-order valence-corrected chi connectivity index (χ4v) is 4.29. The SMILES string of the molecule is CN(C(=O)O)c1nc2ccc(-c3ccc4c(c3)CN(c3ncnc5[nH]ccc35)CCO4)cc2[nH]1. The molecule has 6 rings (SSSR count). The van der Waals surface area contributed by atoms with Crippen LogP contribution in [0.2, 0.25) is 0 Å². The number of aromatic amines is 2. The molecule has 0 atom stereocenters. The summed E-state index contributed by atoms with van der Waals surface area (Å²) in [7, 11) is 1.46. The van der Waals surface area contributed by atoms with Gasteiger partial charge >= 0.3 is 6.09 Å². The van der Waals surface area contributed by atoms with Gasteiger partial charge in [-0.25, -0.2) is 19.7 Å². The number of anilines is 2. The molecule has 1 amide bonds. The van der Waals surface area contributed by atoms with Gasteiger partial charge in [-0.2, -0.15) is 0 Å². The third-order valence-electron chi connectivity index (χ3n) is 6.08. The summed E-state index contributed by atoms with van der Waals surface area (Å²) < 4.78 is 6.04. The first kappa shape index (κ1) is 20.0. The van der Waals surface area contributed by atoms with Gasteiger partial charge in [0.2, 0.25) is 5.95 Å². The van der Waals surface area contributed by atoms with E-state index in [4.69, 9.17) is 4.74 Å². The first-order valence-corrected chi connectivity index (χ1v) is 10.8. The van der Waals surface area contributed by atoms with Gasteiger partial charge in [0.05, 0.1) is 23.0 Å². The van der Waals surface area contributed by atoms with E-state index in [1.165, 1.54) is 7.05 Å². The van der Waals surface area contributed by atoms with Crippen molar-refractivity contribution in [1.29, 1.82) is 0 Å². The van der Waals surface area contributed by atoms with E-state index in [1.807, 2.05) is 42.6 Å². The monoisotopic (exact) mass is 455 g/mol. The minimum atomic E-state index is -1.07. The summed E-state index contributed by atoms with van der Waals surface area (Å²) in [6.07, 6.45) is 2.37. The topological polar surface area (TPSA) is 123 Å². The summed E-state index contributed by atoms with van der Waals surface area (Å²) in [6, 6.07) is 14.0. The summed E-state index contributed by atoms with van der Waals surface area (Å²) in [5, 5.41) is 10.2. The molecule has 34 heavy (non-hydrogen) atoms. The fourth-order valence-electron chi connectivity index (χ4n) is 4.29. The lowest BCUT2D eigenvalue weighted by atomic mass is 10.0. The number of ether oxygens (including phenoxy) is 1. The number of rotatable bonds is 3. The second-order valence-corrected chi connectivity index (χ2v) is 8.16. The van der Waals surface area contributed by atoms with E-state index in [1.54, 1.807) is 6.33 Å². The smallest absolute Gasteiger partial charge is 0.413 e. The Hall–Kier alpha value is -4.60. The largest absolute Gasteiger partial charge is 0.491 e. The zero-order valence-electron chi connectivity index (χ0n) is 18.3. The van der Waals surface area contributed by atoms with Crippen LogP contribution in [-0.2, 0) is 6.54 Å². The molecule has 0 bridgehead atoms. The summed E-state index contributed by atoms with van der Waals surface area (Å²) >= 11 is 0. The van der Waals surface area contributed by atoms with Crippen molar-refractivity contribution in [2.75, 3.05) is 30.0 Å². The molecule has 0 aliphatic carbocycles. The maximum atomic E-state index is 11.3. The molecule has 1 aliphatic rings. The zero-order valence-corrected chi connectivity index (χ0v) is 18.3. The predicted molar refractivity (Wildman–Crippen MR) is 128 cm³/mol. The lowest BCUT2D eigenvalue weighted by Crippen LogP contribution is -2.26. The molecule has 3 N–H and O–H groups in total. The van der Waals surface area contributed by atoms with Gasteiger partial charge in [0, 0.05) is 25.4 Å². The Balaban J connectivity index is 1.35. The molecule has 0 saturated heterocycles. The third-order valence-corrected chi connectivity index (χ3v) is 6.08. The van der Waals surface area contributed by atoms with Crippen LogP contribution in [0.25, 0.3) is 33.2 Å². The maximum absolute atomic E-state index is 11.3. The van der Waals surface area contributed by atoms with Gasteiger partial charge in [0.25, 0.3) is 0 Å². The highest BCUT2D eigenvalue weighted by atomic mass is 16.5. The fraction of sp³-hybridized carbons (Fsp3) is 0.167. The van der Waals surface area contributed by atoms with Crippen molar-refractivity contribution in [2.24, 2.45) is 0 Å². The highest BCUT2D eigenvalue weighted by molar-refractivity contribution is 5.89. The summed E-state index contributed by atoms with van der Waals surface area (Å²) in [5.41, 5.74) is 5.37. The van der Waals surface area contributed by atoms with Crippen molar-refractivity contribution in [3.05, 3.63) is 60.6 Å². The quantitative estimate of drug-likeness (QED) is 0.375. The van der Waals surface area contributed by atoms with E-state index >= 15 is 0 Å². The van der Waals surface area contributed by atoms with Gasteiger partial charge in [-0.1, -0.05) is 12.1 Å². The maximum Gasteiger partial charge on any atom is 0.413 e. The van der Waals surface area contributed by atoms with Crippen molar-refractivity contribution in [1.82, 2.24) is 24.9 Å². The Labute approximate surface area is 193 Å². The molecule has 10 nitrogen and oxygen atoms in total. The molecule has 0 radical (unpaired) electrons. The van der Waals surface area contributed by atoms with Crippen LogP contribution in [0.3, 0.4) is 0 Å². The van der Waals surface area contributed by atoms with Gasteiger partial charge in [0.15, 0.2) is 0 Å². The molecule has 170 valence electrons. The Morgan fingerprint density at radius 3 is 2.88 bits per heavy atom. The number of hydrogen-bond donors (Lipinski definition) is 3. The Kier molecular flexibility index (Phi) is 4.58. The van der Waals surface area contributed by atoms with Crippen LogP contribution in [-0.4, -0.2) is 56.3 Å². The molecule has 3 aromatic heterocycles.